The molecule has 6 heteroatoms. The second kappa shape index (κ2) is 8.44. The molecular formula is C10H17Br2NO3. The fourth-order valence-corrected chi connectivity index (χ4v) is 2.99. The molecule has 1 heterocycles. The van der Waals surface area contributed by atoms with E-state index in [4.69, 9.17) is 9.47 Å². The molecule has 0 N–H and O–H groups in total. The number of hydrogen-bond donors (Lipinski definition) is 0. The summed E-state index contributed by atoms with van der Waals surface area (Å²) in [6.45, 7) is 4.68. The van der Waals surface area contributed by atoms with Crippen LogP contribution in [0.2, 0.25) is 0 Å². The standard InChI is InChI=1S/C10H17Br2NO3/c11-7-9(8-12)10(14)16-6-3-13-1-4-15-5-2-13/h9H,1-8H2. The molecule has 0 radical (unpaired) electrons. The Morgan fingerprint density at radius 1 is 1.31 bits per heavy atom. The predicted octanol–water partition coefficient (Wildman–Crippen LogP) is 1.27. The van der Waals surface area contributed by atoms with E-state index in [1.54, 1.807) is 0 Å². The number of halogens is 2. The van der Waals surface area contributed by atoms with Crippen molar-refractivity contribution in [1.29, 1.82) is 0 Å². The number of rotatable bonds is 6. The van der Waals surface area contributed by atoms with Gasteiger partial charge in [-0.25, -0.2) is 0 Å². The molecule has 1 rings (SSSR count). The summed E-state index contributed by atoms with van der Waals surface area (Å²) >= 11 is 6.57. The van der Waals surface area contributed by atoms with Gasteiger partial charge < -0.3 is 9.47 Å². The van der Waals surface area contributed by atoms with Crippen molar-refractivity contribution in [3.8, 4) is 0 Å². The van der Waals surface area contributed by atoms with Crippen LogP contribution in [0.1, 0.15) is 0 Å². The van der Waals surface area contributed by atoms with E-state index in [2.05, 4.69) is 36.8 Å². The molecule has 0 aromatic rings. The molecule has 16 heavy (non-hydrogen) atoms. The normalized spacial score (nSPS) is 17.7. The summed E-state index contributed by atoms with van der Waals surface area (Å²) in [5.74, 6) is -0.230. The number of esters is 1. The van der Waals surface area contributed by atoms with Crippen LogP contribution in [0.3, 0.4) is 0 Å². The van der Waals surface area contributed by atoms with Gasteiger partial charge in [0, 0.05) is 30.3 Å². The van der Waals surface area contributed by atoms with E-state index in [0.29, 0.717) is 17.3 Å². The van der Waals surface area contributed by atoms with Crippen LogP contribution in [-0.2, 0) is 14.3 Å². The smallest absolute Gasteiger partial charge is 0.310 e. The number of carbonyl (C=O) groups is 1. The Morgan fingerprint density at radius 2 is 1.94 bits per heavy atom. The van der Waals surface area contributed by atoms with Crippen molar-refractivity contribution in [1.82, 2.24) is 4.90 Å². The van der Waals surface area contributed by atoms with Gasteiger partial charge in [0.2, 0.25) is 0 Å². The monoisotopic (exact) mass is 357 g/mol. The Kier molecular flexibility index (Phi) is 7.60. The molecule has 0 aliphatic carbocycles. The van der Waals surface area contributed by atoms with Gasteiger partial charge in [-0.15, -0.1) is 0 Å². The van der Waals surface area contributed by atoms with Gasteiger partial charge in [-0.2, -0.15) is 0 Å². The van der Waals surface area contributed by atoms with Crippen LogP contribution in [-0.4, -0.2) is 61.0 Å². The molecule has 0 spiro atoms. The maximum Gasteiger partial charge on any atom is 0.310 e. The second-order valence-electron chi connectivity index (χ2n) is 3.63. The van der Waals surface area contributed by atoms with Crippen molar-refractivity contribution in [2.45, 2.75) is 0 Å². The number of nitrogens with zero attached hydrogens (tertiary/aromatic N) is 1. The Labute approximate surface area is 113 Å². The van der Waals surface area contributed by atoms with Gasteiger partial charge >= 0.3 is 5.97 Å². The molecule has 0 aromatic carbocycles. The van der Waals surface area contributed by atoms with Crippen molar-refractivity contribution >= 4 is 37.8 Å². The number of ether oxygens (including phenoxy) is 2. The molecule has 0 unspecified atom stereocenters. The van der Waals surface area contributed by atoms with Crippen molar-refractivity contribution in [2.24, 2.45) is 5.92 Å². The molecule has 1 fully saturated rings. The quantitative estimate of drug-likeness (QED) is 0.529. The molecule has 94 valence electrons. The van der Waals surface area contributed by atoms with E-state index in [1.165, 1.54) is 0 Å². The summed E-state index contributed by atoms with van der Waals surface area (Å²) in [5, 5.41) is 1.27. The number of morpholine rings is 1. The van der Waals surface area contributed by atoms with Gasteiger partial charge in [0.05, 0.1) is 19.1 Å². The summed E-state index contributed by atoms with van der Waals surface area (Å²) in [6, 6.07) is 0. The summed E-state index contributed by atoms with van der Waals surface area (Å²) in [5.41, 5.74) is 0. The Balaban J connectivity index is 2.11. The van der Waals surface area contributed by atoms with Gasteiger partial charge in [-0.05, 0) is 0 Å². The molecule has 0 amide bonds. The second-order valence-corrected chi connectivity index (χ2v) is 4.92. The SMILES string of the molecule is O=C(OCCN1CCOCC1)C(CBr)CBr. The minimum atomic E-state index is -0.137. The third kappa shape index (κ3) is 5.12. The van der Waals surface area contributed by atoms with Gasteiger partial charge in [-0.1, -0.05) is 31.9 Å². The highest BCUT2D eigenvalue weighted by molar-refractivity contribution is 9.09. The zero-order valence-electron chi connectivity index (χ0n) is 9.16. The zero-order chi connectivity index (χ0) is 11.8. The fourth-order valence-electron chi connectivity index (χ4n) is 1.39. The van der Waals surface area contributed by atoms with E-state index in [0.717, 1.165) is 32.8 Å². The maximum absolute atomic E-state index is 11.5. The largest absolute Gasteiger partial charge is 0.464 e. The Hall–Kier alpha value is 0.350. The Morgan fingerprint density at radius 3 is 2.50 bits per heavy atom. The number of carbonyl (C=O) groups excluding carboxylic acids is 1. The number of hydrogen-bond acceptors (Lipinski definition) is 4. The maximum atomic E-state index is 11.5. The minimum absolute atomic E-state index is 0.0929. The highest BCUT2D eigenvalue weighted by Crippen LogP contribution is 2.08. The number of alkyl halides is 2. The average Bonchev–Trinajstić information content (AvgIpc) is 2.32. The van der Waals surface area contributed by atoms with Crippen molar-refractivity contribution in [2.75, 3.05) is 50.1 Å². The summed E-state index contributed by atoms with van der Waals surface area (Å²) < 4.78 is 10.4. The third-order valence-electron chi connectivity index (χ3n) is 2.46. The summed E-state index contributed by atoms with van der Waals surface area (Å²) in [6.07, 6.45) is 0. The lowest BCUT2D eigenvalue weighted by molar-refractivity contribution is -0.147. The minimum Gasteiger partial charge on any atom is -0.464 e. The van der Waals surface area contributed by atoms with Gasteiger partial charge in [0.15, 0.2) is 0 Å². The zero-order valence-corrected chi connectivity index (χ0v) is 12.3. The molecule has 1 saturated heterocycles. The molecule has 1 aliphatic heterocycles. The highest BCUT2D eigenvalue weighted by atomic mass is 79.9. The third-order valence-corrected chi connectivity index (χ3v) is 4.02. The van der Waals surface area contributed by atoms with Crippen molar-refractivity contribution in [3.05, 3.63) is 0 Å². The lowest BCUT2D eigenvalue weighted by Crippen LogP contribution is -2.38. The van der Waals surface area contributed by atoms with Crippen LogP contribution in [0.4, 0.5) is 0 Å². The highest BCUT2D eigenvalue weighted by Gasteiger charge is 2.17. The van der Waals surface area contributed by atoms with E-state index < -0.39 is 0 Å². The molecular weight excluding hydrogens is 342 g/mol. The lowest BCUT2D eigenvalue weighted by atomic mass is 10.2. The average molecular weight is 359 g/mol. The van der Waals surface area contributed by atoms with Crippen LogP contribution in [0.5, 0.6) is 0 Å². The van der Waals surface area contributed by atoms with E-state index in [1.807, 2.05) is 0 Å². The fraction of sp³-hybridized carbons (Fsp3) is 0.900. The van der Waals surface area contributed by atoms with Gasteiger partial charge in [-0.3, -0.25) is 9.69 Å². The van der Waals surface area contributed by atoms with E-state index in [9.17, 15) is 4.79 Å². The first-order valence-corrected chi connectivity index (χ1v) is 7.61. The molecule has 0 bridgehead atoms. The Bertz CT molecular complexity index is 206. The van der Waals surface area contributed by atoms with Crippen molar-refractivity contribution in [3.63, 3.8) is 0 Å². The van der Waals surface area contributed by atoms with Gasteiger partial charge in [0.1, 0.15) is 6.61 Å². The summed E-state index contributed by atoms with van der Waals surface area (Å²) in [7, 11) is 0. The molecule has 0 atom stereocenters. The van der Waals surface area contributed by atoms with Crippen LogP contribution < -0.4 is 0 Å². The van der Waals surface area contributed by atoms with Crippen LogP contribution in [0.15, 0.2) is 0 Å². The topological polar surface area (TPSA) is 38.8 Å². The summed E-state index contributed by atoms with van der Waals surface area (Å²) in [4.78, 5) is 13.8. The first-order chi connectivity index (χ1) is 7.77. The first-order valence-electron chi connectivity index (χ1n) is 5.36. The lowest BCUT2D eigenvalue weighted by Gasteiger charge is -2.26. The van der Waals surface area contributed by atoms with Crippen molar-refractivity contribution < 1.29 is 14.3 Å². The predicted molar refractivity (Wildman–Crippen MR) is 69.3 cm³/mol. The van der Waals surface area contributed by atoms with E-state index >= 15 is 0 Å². The van der Waals surface area contributed by atoms with Crippen LogP contribution in [0, 0.1) is 5.92 Å². The molecule has 0 saturated carbocycles. The van der Waals surface area contributed by atoms with Crippen LogP contribution in [0.25, 0.3) is 0 Å². The van der Waals surface area contributed by atoms with Gasteiger partial charge in [0.25, 0.3) is 0 Å². The first kappa shape index (κ1) is 14.4. The molecule has 0 aromatic heterocycles. The molecule has 4 nitrogen and oxygen atoms in total. The van der Waals surface area contributed by atoms with Crippen LogP contribution >= 0.6 is 31.9 Å². The molecule has 1 aliphatic rings. The van der Waals surface area contributed by atoms with E-state index in [-0.39, 0.29) is 11.9 Å².